The van der Waals surface area contributed by atoms with Gasteiger partial charge < -0.3 is 5.11 Å². The summed E-state index contributed by atoms with van der Waals surface area (Å²) in [5.74, 6) is 0. The van der Waals surface area contributed by atoms with Gasteiger partial charge >= 0.3 is 0 Å². The second-order valence-corrected chi connectivity index (χ2v) is 3.32. The molecule has 0 aromatic carbocycles. The largest absolute Gasteiger partial charge is 0.392 e. The van der Waals surface area contributed by atoms with Crippen LogP contribution in [-0.4, -0.2) is 10.1 Å². The van der Waals surface area contributed by atoms with E-state index in [2.05, 4.69) is 20.9 Å². The summed E-state index contributed by atoms with van der Waals surface area (Å²) in [6, 6.07) is 1.26. The van der Waals surface area contributed by atoms with Crippen LogP contribution in [0.1, 0.15) is 23.2 Å². The van der Waals surface area contributed by atoms with Gasteiger partial charge in [0.1, 0.15) is 4.60 Å². The van der Waals surface area contributed by atoms with Gasteiger partial charge in [-0.25, -0.2) is 13.8 Å². The van der Waals surface area contributed by atoms with Gasteiger partial charge in [0.05, 0.1) is 12.2 Å². The minimum atomic E-state index is -2.58. The molecule has 1 aromatic rings. The zero-order valence-electron chi connectivity index (χ0n) is 6.89. The Morgan fingerprint density at radius 3 is 2.69 bits per heavy atom. The van der Waals surface area contributed by atoms with Crippen LogP contribution >= 0.6 is 15.9 Å². The number of alkyl halides is 2. The molecule has 1 aromatic heterocycles. The van der Waals surface area contributed by atoms with Crippen molar-refractivity contribution in [3.05, 3.63) is 27.5 Å². The van der Waals surface area contributed by atoms with Crippen molar-refractivity contribution in [1.82, 2.24) is 4.98 Å². The first-order chi connectivity index (χ1) is 6.06. The number of aryl methyl sites for hydroxylation is 1. The fraction of sp³-hybridized carbons (Fsp3) is 0.375. The molecular weight excluding hydrogens is 244 g/mol. The summed E-state index contributed by atoms with van der Waals surface area (Å²) >= 11 is 2.94. The highest BCUT2D eigenvalue weighted by Gasteiger charge is 2.14. The van der Waals surface area contributed by atoms with Crippen molar-refractivity contribution in [1.29, 1.82) is 0 Å². The maximum Gasteiger partial charge on any atom is 0.266 e. The van der Waals surface area contributed by atoms with Gasteiger partial charge in [0, 0.05) is 5.69 Å². The SMILES string of the molecule is Cc1nc(Br)c(C(F)F)cc1CO. The first kappa shape index (κ1) is 10.5. The van der Waals surface area contributed by atoms with E-state index in [0.717, 1.165) is 0 Å². The molecule has 5 heteroatoms. The predicted octanol–water partition coefficient (Wildman–Crippen LogP) is 2.58. The van der Waals surface area contributed by atoms with Crippen molar-refractivity contribution in [2.24, 2.45) is 0 Å². The zero-order chi connectivity index (χ0) is 10.0. The van der Waals surface area contributed by atoms with Crippen LogP contribution in [0.5, 0.6) is 0 Å². The first-order valence-electron chi connectivity index (χ1n) is 3.61. The summed E-state index contributed by atoms with van der Waals surface area (Å²) in [6.45, 7) is 1.39. The fourth-order valence-electron chi connectivity index (χ4n) is 0.948. The van der Waals surface area contributed by atoms with Gasteiger partial charge in [-0.05, 0) is 34.5 Å². The highest BCUT2D eigenvalue weighted by molar-refractivity contribution is 9.10. The van der Waals surface area contributed by atoms with E-state index in [1.165, 1.54) is 6.07 Å². The van der Waals surface area contributed by atoms with Gasteiger partial charge in [-0.1, -0.05) is 0 Å². The number of hydrogen-bond donors (Lipinski definition) is 1. The minimum Gasteiger partial charge on any atom is -0.392 e. The Hall–Kier alpha value is -0.550. The fourth-order valence-corrected chi connectivity index (χ4v) is 1.50. The molecule has 0 aliphatic carbocycles. The van der Waals surface area contributed by atoms with Gasteiger partial charge in [0.15, 0.2) is 0 Å². The molecule has 0 fully saturated rings. The van der Waals surface area contributed by atoms with Gasteiger partial charge in [-0.3, -0.25) is 0 Å². The number of aliphatic hydroxyl groups excluding tert-OH is 1. The van der Waals surface area contributed by atoms with Crippen LogP contribution in [0.25, 0.3) is 0 Å². The number of aromatic nitrogens is 1. The third-order valence-electron chi connectivity index (χ3n) is 1.70. The van der Waals surface area contributed by atoms with E-state index in [9.17, 15) is 8.78 Å². The lowest BCUT2D eigenvalue weighted by molar-refractivity contribution is 0.149. The molecule has 72 valence electrons. The van der Waals surface area contributed by atoms with Crippen molar-refractivity contribution in [2.75, 3.05) is 0 Å². The van der Waals surface area contributed by atoms with Crippen LogP contribution < -0.4 is 0 Å². The van der Waals surface area contributed by atoms with Crippen LogP contribution in [0.4, 0.5) is 8.78 Å². The molecule has 0 amide bonds. The number of halogens is 3. The number of aliphatic hydroxyl groups is 1. The molecule has 0 saturated carbocycles. The second kappa shape index (κ2) is 4.11. The van der Waals surface area contributed by atoms with Gasteiger partial charge in [0.25, 0.3) is 6.43 Å². The molecule has 2 nitrogen and oxygen atoms in total. The Balaban J connectivity index is 3.22. The second-order valence-electron chi connectivity index (χ2n) is 2.57. The lowest BCUT2D eigenvalue weighted by Crippen LogP contribution is -1.98. The average Bonchev–Trinajstić information content (AvgIpc) is 2.03. The predicted molar refractivity (Wildman–Crippen MR) is 47.6 cm³/mol. The minimum absolute atomic E-state index is 0.136. The third-order valence-corrected chi connectivity index (χ3v) is 2.34. The molecule has 0 bridgehead atoms. The Bertz CT molecular complexity index is 317. The molecule has 13 heavy (non-hydrogen) atoms. The molecule has 1 heterocycles. The average molecular weight is 252 g/mol. The van der Waals surface area contributed by atoms with E-state index in [4.69, 9.17) is 5.11 Å². The van der Waals surface area contributed by atoms with Crippen LogP contribution in [0.3, 0.4) is 0 Å². The maximum absolute atomic E-state index is 12.3. The molecule has 0 radical (unpaired) electrons. The lowest BCUT2D eigenvalue weighted by Gasteiger charge is -2.07. The first-order valence-corrected chi connectivity index (χ1v) is 4.40. The topological polar surface area (TPSA) is 33.1 Å². The van der Waals surface area contributed by atoms with Crippen LogP contribution in [0, 0.1) is 6.92 Å². The molecule has 0 saturated heterocycles. The van der Waals surface area contributed by atoms with E-state index >= 15 is 0 Å². The van der Waals surface area contributed by atoms with Crippen LogP contribution in [0.15, 0.2) is 10.7 Å². The Kier molecular flexibility index (Phi) is 3.33. The summed E-state index contributed by atoms with van der Waals surface area (Å²) in [6.07, 6.45) is -2.58. The molecule has 1 N–H and O–H groups in total. The Morgan fingerprint density at radius 2 is 2.23 bits per heavy atom. The standard InChI is InChI=1S/C8H8BrF2NO/c1-4-5(3-13)2-6(8(10)11)7(9)12-4/h2,8,13H,3H2,1H3. The lowest BCUT2D eigenvalue weighted by atomic mass is 10.1. The maximum atomic E-state index is 12.3. The van der Waals surface area contributed by atoms with E-state index in [0.29, 0.717) is 11.3 Å². The van der Waals surface area contributed by atoms with Gasteiger partial charge in [-0.15, -0.1) is 0 Å². The van der Waals surface area contributed by atoms with Crippen molar-refractivity contribution in [3.8, 4) is 0 Å². The molecule has 0 aliphatic heterocycles. The quantitative estimate of drug-likeness (QED) is 0.820. The summed E-state index contributed by atoms with van der Waals surface area (Å²) in [5.41, 5.74) is 0.798. The van der Waals surface area contributed by atoms with E-state index in [1.54, 1.807) is 6.92 Å². The number of rotatable bonds is 2. The van der Waals surface area contributed by atoms with Gasteiger partial charge in [-0.2, -0.15) is 0 Å². The molecule has 0 unspecified atom stereocenters. The normalized spacial score (nSPS) is 10.9. The van der Waals surface area contributed by atoms with Crippen LogP contribution in [-0.2, 0) is 6.61 Å². The third kappa shape index (κ3) is 2.22. The highest BCUT2D eigenvalue weighted by atomic mass is 79.9. The van der Waals surface area contributed by atoms with Crippen LogP contribution in [0.2, 0.25) is 0 Å². The molecule has 0 atom stereocenters. The van der Waals surface area contributed by atoms with Gasteiger partial charge in [0.2, 0.25) is 0 Å². The Labute approximate surface area is 82.7 Å². The summed E-state index contributed by atoms with van der Waals surface area (Å²) in [7, 11) is 0. The molecular formula is C8H8BrF2NO. The zero-order valence-corrected chi connectivity index (χ0v) is 8.48. The summed E-state index contributed by atoms with van der Waals surface area (Å²) in [5, 5.41) is 8.82. The monoisotopic (exact) mass is 251 g/mol. The molecule has 0 spiro atoms. The highest BCUT2D eigenvalue weighted by Crippen LogP contribution is 2.27. The van der Waals surface area contributed by atoms with Crippen molar-refractivity contribution in [3.63, 3.8) is 0 Å². The summed E-state index contributed by atoms with van der Waals surface area (Å²) < 4.78 is 24.8. The van der Waals surface area contributed by atoms with E-state index in [1.807, 2.05) is 0 Å². The number of pyridine rings is 1. The number of nitrogens with zero attached hydrogens (tertiary/aromatic N) is 1. The van der Waals surface area contributed by atoms with E-state index in [-0.39, 0.29) is 16.8 Å². The molecule has 0 aliphatic rings. The Morgan fingerprint density at radius 1 is 1.62 bits per heavy atom. The van der Waals surface area contributed by atoms with Crippen molar-refractivity contribution >= 4 is 15.9 Å². The van der Waals surface area contributed by atoms with Crippen molar-refractivity contribution < 1.29 is 13.9 Å². The molecule has 1 rings (SSSR count). The summed E-state index contributed by atoms with van der Waals surface area (Å²) in [4.78, 5) is 3.84. The smallest absolute Gasteiger partial charge is 0.266 e. The number of hydrogen-bond acceptors (Lipinski definition) is 2. The van der Waals surface area contributed by atoms with Crippen molar-refractivity contribution in [2.45, 2.75) is 20.0 Å². The van der Waals surface area contributed by atoms with E-state index < -0.39 is 6.43 Å².